The number of carbonyl (C=O) groups excluding carboxylic acids is 1. The van der Waals surface area contributed by atoms with Crippen LogP contribution < -0.4 is 10.9 Å². The van der Waals surface area contributed by atoms with Crippen molar-refractivity contribution in [1.82, 2.24) is 19.7 Å². The number of H-pyrrole nitrogens is 1. The first-order valence-electron chi connectivity index (χ1n) is 8.51. The van der Waals surface area contributed by atoms with Crippen molar-refractivity contribution >= 4 is 23.5 Å². The Morgan fingerprint density at radius 1 is 1.26 bits per heavy atom. The summed E-state index contributed by atoms with van der Waals surface area (Å²) in [5, 5.41) is 7.25. The van der Waals surface area contributed by atoms with E-state index in [-0.39, 0.29) is 23.3 Å². The Labute approximate surface area is 161 Å². The minimum Gasteiger partial charge on any atom is -0.306 e. The molecule has 0 atom stereocenters. The quantitative estimate of drug-likeness (QED) is 0.659. The molecule has 1 aromatic carbocycles. The summed E-state index contributed by atoms with van der Waals surface area (Å²) in [5.74, 6) is 0.558. The third kappa shape index (κ3) is 4.11. The minimum absolute atomic E-state index is 0.0919. The summed E-state index contributed by atoms with van der Waals surface area (Å²) >= 11 is 1.50. The summed E-state index contributed by atoms with van der Waals surface area (Å²) < 4.78 is 1.45. The van der Waals surface area contributed by atoms with Gasteiger partial charge in [-0.3, -0.25) is 14.6 Å². The van der Waals surface area contributed by atoms with Gasteiger partial charge in [-0.15, -0.1) is 11.8 Å². The van der Waals surface area contributed by atoms with E-state index in [1.165, 1.54) is 22.5 Å². The van der Waals surface area contributed by atoms with Crippen LogP contribution in [0.4, 0.5) is 5.82 Å². The van der Waals surface area contributed by atoms with Crippen molar-refractivity contribution in [2.24, 2.45) is 0 Å². The fourth-order valence-corrected chi connectivity index (χ4v) is 3.22. The van der Waals surface area contributed by atoms with Crippen molar-refractivity contribution in [3.05, 3.63) is 63.7 Å². The SMILES string of the molecule is CSc1ccccc1C(=O)Nc1cc(C)nn1-c1nc(C(C)C)cc(=O)[nH]1. The van der Waals surface area contributed by atoms with Gasteiger partial charge in [0, 0.05) is 17.0 Å². The largest absolute Gasteiger partial charge is 0.306 e. The summed E-state index contributed by atoms with van der Waals surface area (Å²) in [6, 6.07) is 10.6. The maximum Gasteiger partial charge on any atom is 0.257 e. The van der Waals surface area contributed by atoms with Crippen LogP contribution in [0.25, 0.3) is 5.95 Å². The van der Waals surface area contributed by atoms with Gasteiger partial charge >= 0.3 is 0 Å². The molecule has 0 bridgehead atoms. The number of benzene rings is 1. The molecule has 0 fully saturated rings. The lowest BCUT2D eigenvalue weighted by Crippen LogP contribution is -2.20. The fraction of sp³-hybridized carbons (Fsp3) is 0.263. The van der Waals surface area contributed by atoms with Crippen molar-refractivity contribution < 1.29 is 4.79 Å². The average molecular weight is 383 g/mol. The zero-order chi connectivity index (χ0) is 19.6. The molecule has 0 aliphatic carbocycles. The van der Waals surface area contributed by atoms with E-state index in [0.717, 1.165) is 4.90 Å². The number of amides is 1. The van der Waals surface area contributed by atoms with Gasteiger partial charge in [-0.25, -0.2) is 4.98 Å². The normalized spacial score (nSPS) is 11.0. The molecule has 7 nitrogen and oxygen atoms in total. The van der Waals surface area contributed by atoms with E-state index in [2.05, 4.69) is 20.4 Å². The first kappa shape index (κ1) is 18.9. The van der Waals surface area contributed by atoms with Crippen molar-refractivity contribution in [1.29, 1.82) is 0 Å². The molecule has 3 aromatic rings. The second-order valence-electron chi connectivity index (χ2n) is 6.39. The van der Waals surface area contributed by atoms with E-state index in [0.29, 0.717) is 22.8 Å². The van der Waals surface area contributed by atoms with Gasteiger partial charge in [0.15, 0.2) is 0 Å². The topological polar surface area (TPSA) is 92.7 Å². The molecule has 0 aliphatic rings. The van der Waals surface area contributed by atoms with Crippen LogP contribution in [0.3, 0.4) is 0 Å². The number of hydrogen-bond acceptors (Lipinski definition) is 5. The van der Waals surface area contributed by atoms with Gasteiger partial charge in [0.1, 0.15) is 5.82 Å². The summed E-state index contributed by atoms with van der Waals surface area (Å²) in [6.45, 7) is 5.73. The maximum absolute atomic E-state index is 12.8. The van der Waals surface area contributed by atoms with E-state index in [9.17, 15) is 9.59 Å². The van der Waals surface area contributed by atoms with Crippen LogP contribution in [0.1, 0.15) is 41.5 Å². The molecule has 8 heteroatoms. The molecule has 2 aromatic heterocycles. The third-order valence-corrected chi connectivity index (χ3v) is 4.76. The molecule has 0 spiro atoms. The highest BCUT2D eigenvalue weighted by molar-refractivity contribution is 7.98. The first-order chi connectivity index (χ1) is 12.9. The standard InChI is InChI=1S/C19H21N5O2S/c1-11(2)14-10-17(25)22-19(20-14)24-16(9-12(3)23-24)21-18(26)13-7-5-6-8-15(13)27-4/h5-11H,1-4H3,(H,21,26)(H,20,22,25). The van der Waals surface area contributed by atoms with Crippen molar-refractivity contribution in [2.45, 2.75) is 31.6 Å². The third-order valence-electron chi connectivity index (χ3n) is 3.97. The monoisotopic (exact) mass is 383 g/mol. The molecule has 0 saturated heterocycles. The number of anilines is 1. The van der Waals surface area contributed by atoms with Gasteiger partial charge < -0.3 is 5.32 Å². The lowest BCUT2D eigenvalue weighted by Gasteiger charge is -2.11. The predicted molar refractivity (Wildman–Crippen MR) is 107 cm³/mol. The predicted octanol–water partition coefficient (Wildman–Crippen LogP) is 3.36. The Balaban J connectivity index is 2.00. The van der Waals surface area contributed by atoms with E-state index in [4.69, 9.17) is 0 Å². The summed E-state index contributed by atoms with van der Waals surface area (Å²) in [4.78, 5) is 32.8. The highest BCUT2D eigenvalue weighted by Crippen LogP contribution is 2.22. The van der Waals surface area contributed by atoms with E-state index < -0.39 is 0 Å². The molecule has 0 aliphatic heterocycles. The molecule has 2 heterocycles. The molecule has 0 saturated carbocycles. The van der Waals surface area contributed by atoms with Gasteiger partial charge in [0.2, 0.25) is 5.95 Å². The number of carbonyl (C=O) groups is 1. The Kier molecular flexibility index (Phi) is 5.46. The van der Waals surface area contributed by atoms with Gasteiger partial charge in [0.05, 0.1) is 17.0 Å². The van der Waals surface area contributed by atoms with Gasteiger partial charge in [-0.2, -0.15) is 9.78 Å². The maximum atomic E-state index is 12.8. The Morgan fingerprint density at radius 3 is 2.70 bits per heavy atom. The smallest absolute Gasteiger partial charge is 0.257 e. The molecular formula is C19H21N5O2S. The van der Waals surface area contributed by atoms with E-state index in [1.54, 1.807) is 12.1 Å². The number of aromatic nitrogens is 4. The summed E-state index contributed by atoms with van der Waals surface area (Å²) in [7, 11) is 0. The minimum atomic E-state index is -0.262. The molecule has 3 rings (SSSR count). The number of nitrogens with zero attached hydrogens (tertiary/aromatic N) is 3. The molecule has 0 unspecified atom stereocenters. The van der Waals surface area contributed by atoms with Gasteiger partial charge in [0.25, 0.3) is 11.5 Å². The fourth-order valence-electron chi connectivity index (χ4n) is 2.63. The zero-order valence-electron chi connectivity index (χ0n) is 15.6. The van der Waals surface area contributed by atoms with Crippen LogP contribution in [0.2, 0.25) is 0 Å². The second kappa shape index (κ2) is 7.79. The van der Waals surface area contributed by atoms with Gasteiger partial charge in [-0.05, 0) is 31.2 Å². The zero-order valence-corrected chi connectivity index (χ0v) is 16.4. The molecule has 2 N–H and O–H groups in total. The van der Waals surface area contributed by atoms with Crippen LogP contribution in [0.15, 0.2) is 46.1 Å². The van der Waals surface area contributed by atoms with Crippen molar-refractivity contribution in [3.8, 4) is 5.95 Å². The first-order valence-corrected chi connectivity index (χ1v) is 9.74. The van der Waals surface area contributed by atoms with Crippen LogP contribution in [0.5, 0.6) is 0 Å². The Bertz CT molecular complexity index is 1040. The molecule has 0 radical (unpaired) electrons. The number of aromatic amines is 1. The van der Waals surface area contributed by atoms with Crippen LogP contribution in [0, 0.1) is 6.92 Å². The van der Waals surface area contributed by atoms with Crippen molar-refractivity contribution in [3.63, 3.8) is 0 Å². The van der Waals surface area contributed by atoms with E-state index in [1.807, 2.05) is 45.2 Å². The van der Waals surface area contributed by atoms with Crippen LogP contribution in [-0.4, -0.2) is 31.9 Å². The number of rotatable bonds is 5. The van der Waals surface area contributed by atoms with Gasteiger partial charge in [-0.1, -0.05) is 26.0 Å². The Hall–Kier alpha value is -2.87. The van der Waals surface area contributed by atoms with E-state index >= 15 is 0 Å². The number of aryl methyl sites for hydroxylation is 1. The van der Waals surface area contributed by atoms with Crippen molar-refractivity contribution in [2.75, 3.05) is 11.6 Å². The summed E-state index contributed by atoms with van der Waals surface area (Å²) in [5.41, 5.74) is 1.67. The average Bonchev–Trinajstić information content (AvgIpc) is 3.01. The highest BCUT2D eigenvalue weighted by Gasteiger charge is 2.17. The molecular weight excluding hydrogens is 362 g/mol. The molecule has 140 valence electrons. The van der Waals surface area contributed by atoms with Crippen LogP contribution >= 0.6 is 11.8 Å². The number of hydrogen-bond donors (Lipinski definition) is 2. The highest BCUT2D eigenvalue weighted by atomic mass is 32.2. The molecule has 1 amide bonds. The van der Waals surface area contributed by atoms with Crippen LogP contribution in [-0.2, 0) is 0 Å². The number of thioether (sulfide) groups is 1. The molecule has 27 heavy (non-hydrogen) atoms. The Morgan fingerprint density at radius 2 is 2.00 bits per heavy atom. The lowest BCUT2D eigenvalue weighted by atomic mass is 10.1. The number of nitrogens with one attached hydrogen (secondary N) is 2. The lowest BCUT2D eigenvalue weighted by molar-refractivity contribution is 0.102. The summed E-state index contributed by atoms with van der Waals surface area (Å²) in [6.07, 6.45) is 1.92. The second-order valence-corrected chi connectivity index (χ2v) is 7.23.